The fourth-order valence-corrected chi connectivity index (χ4v) is 6.25. The molecule has 6 nitrogen and oxygen atoms in total. The number of alkyl halides is 6. The van der Waals surface area contributed by atoms with Crippen LogP contribution in [0.15, 0.2) is 47.5 Å². The number of hydrogen-bond acceptors (Lipinski definition) is 4. The van der Waals surface area contributed by atoms with E-state index in [2.05, 4.69) is 0 Å². The van der Waals surface area contributed by atoms with Crippen molar-refractivity contribution >= 4 is 11.9 Å². The van der Waals surface area contributed by atoms with Gasteiger partial charge in [-0.1, -0.05) is 6.92 Å². The van der Waals surface area contributed by atoms with Gasteiger partial charge in [0.2, 0.25) is 0 Å². The molecule has 0 aromatic heterocycles. The molecule has 0 bridgehead atoms. The highest BCUT2D eigenvalue weighted by Gasteiger charge is 2.47. The summed E-state index contributed by atoms with van der Waals surface area (Å²) in [6, 6.07) is 5.77. The summed E-state index contributed by atoms with van der Waals surface area (Å²) in [6.07, 6.45) is -9.59. The standard InChI is InChI=1S/C29H27F7N2O4/c1-15-12-37(5-4-22(15)16-6-17(27(40)41)9-20(30)8-16)21-10-23(24(11-21)29(34,35)36)26(39)38-13-18-7-19(28(31,32)33)2-3-25(18)42-14-38/h2-3,6-9,15,21-22H,4-5,10-14H2,1H3,(H,40,41)/t15?,21-,22?/m0/s1. The van der Waals surface area contributed by atoms with Gasteiger partial charge in [-0.05, 0) is 79.6 Å². The van der Waals surface area contributed by atoms with E-state index in [1.54, 1.807) is 0 Å². The molecule has 2 heterocycles. The van der Waals surface area contributed by atoms with Crippen LogP contribution in [-0.2, 0) is 17.5 Å². The van der Waals surface area contributed by atoms with Gasteiger partial charge in [-0.15, -0.1) is 0 Å². The van der Waals surface area contributed by atoms with Crippen molar-refractivity contribution < 1.29 is 50.2 Å². The molecule has 2 aliphatic heterocycles. The first kappa shape index (κ1) is 29.9. The van der Waals surface area contributed by atoms with Gasteiger partial charge >= 0.3 is 18.3 Å². The number of carbonyl (C=O) groups excluding carboxylic acids is 1. The minimum Gasteiger partial charge on any atom is -0.478 e. The molecule has 1 aliphatic carbocycles. The quantitative estimate of drug-likeness (QED) is 0.414. The molecule has 1 fully saturated rings. The van der Waals surface area contributed by atoms with Crippen molar-refractivity contribution in [1.29, 1.82) is 0 Å². The van der Waals surface area contributed by atoms with Gasteiger partial charge in [0.25, 0.3) is 5.91 Å². The minimum absolute atomic E-state index is 0.0485. The highest BCUT2D eigenvalue weighted by molar-refractivity contribution is 5.95. The van der Waals surface area contributed by atoms with Crippen molar-refractivity contribution in [3.8, 4) is 5.75 Å². The fourth-order valence-electron chi connectivity index (χ4n) is 6.25. The summed E-state index contributed by atoms with van der Waals surface area (Å²) in [5, 5.41) is 9.28. The van der Waals surface area contributed by atoms with Crippen molar-refractivity contribution in [3.63, 3.8) is 0 Å². The molecule has 5 rings (SSSR count). The zero-order valence-corrected chi connectivity index (χ0v) is 22.4. The van der Waals surface area contributed by atoms with Crippen LogP contribution in [0.1, 0.15) is 59.2 Å². The van der Waals surface area contributed by atoms with E-state index in [4.69, 9.17) is 4.74 Å². The third kappa shape index (κ3) is 5.97. The van der Waals surface area contributed by atoms with Crippen LogP contribution in [0, 0.1) is 11.7 Å². The average molecular weight is 601 g/mol. The lowest BCUT2D eigenvalue weighted by Crippen LogP contribution is -2.44. The molecule has 3 atom stereocenters. The topological polar surface area (TPSA) is 70.1 Å². The summed E-state index contributed by atoms with van der Waals surface area (Å²) in [4.78, 5) is 27.6. The number of likely N-dealkylation sites (tertiary alicyclic amines) is 1. The number of piperidine rings is 1. The molecule has 2 aromatic carbocycles. The molecular formula is C29H27F7N2O4. The molecule has 0 radical (unpaired) electrons. The average Bonchev–Trinajstić information content (AvgIpc) is 3.37. The molecule has 226 valence electrons. The maximum absolute atomic E-state index is 14.1. The van der Waals surface area contributed by atoms with Gasteiger partial charge in [0.1, 0.15) is 11.6 Å². The molecule has 2 aromatic rings. The number of halogens is 7. The second-order valence-corrected chi connectivity index (χ2v) is 11.1. The van der Waals surface area contributed by atoms with Crippen LogP contribution in [0.4, 0.5) is 30.7 Å². The first-order valence-electron chi connectivity index (χ1n) is 13.3. The van der Waals surface area contributed by atoms with E-state index in [-0.39, 0.29) is 41.7 Å². The van der Waals surface area contributed by atoms with Gasteiger partial charge in [-0.25, -0.2) is 9.18 Å². The van der Waals surface area contributed by atoms with E-state index in [1.807, 2.05) is 11.8 Å². The van der Waals surface area contributed by atoms with Crippen LogP contribution < -0.4 is 4.74 Å². The van der Waals surface area contributed by atoms with Gasteiger partial charge in [0.05, 0.1) is 17.7 Å². The van der Waals surface area contributed by atoms with Gasteiger partial charge in [-0.3, -0.25) is 9.69 Å². The Kier molecular flexibility index (Phi) is 7.75. The second-order valence-electron chi connectivity index (χ2n) is 11.1. The largest absolute Gasteiger partial charge is 0.478 e. The Morgan fingerprint density at radius 1 is 1.00 bits per heavy atom. The Balaban J connectivity index is 1.31. The van der Waals surface area contributed by atoms with Crippen molar-refractivity contribution in [1.82, 2.24) is 9.80 Å². The Morgan fingerprint density at radius 3 is 2.38 bits per heavy atom. The van der Waals surface area contributed by atoms with Gasteiger partial charge in [0.15, 0.2) is 6.73 Å². The summed E-state index contributed by atoms with van der Waals surface area (Å²) in [5.74, 6) is -3.11. The summed E-state index contributed by atoms with van der Waals surface area (Å²) in [7, 11) is 0. The van der Waals surface area contributed by atoms with E-state index in [9.17, 15) is 45.4 Å². The molecule has 2 unspecified atom stereocenters. The van der Waals surface area contributed by atoms with Crippen molar-refractivity contribution in [2.24, 2.45) is 5.92 Å². The SMILES string of the molecule is CC1CN([C@H]2CC(C(=O)N3COc4ccc(C(F)(F)F)cc4C3)=C(C(F)(F)F)C2)CCC1c1cc(F)cc(C(=O)O)c1. The summed E-state index contributed by atoms with van der Waals surface area (Å²) in [6.45, 7) is 1.84. The number of ether oxygens (including phenoxy) is 1. The number of rotatable bonds is 4. The Hall–Kier alpha value is -3.61. The minimum atomic E-state index is -4.78. The molecule has 0 saturated carbocycles. The number of amides is 1. The summed E-state index contributed by atoms with van der Waals surface area (Å²) < 4.78 is 101. The number of carboxylic acids is 1. The molecule has 1 saturated heterocycles. The number of nitrogens with zero attached hydrogens (tertiary/aromatic N) is 2. The number of hydrogen-bond donors (Lipinski definition) is 1. The first-order valence-corrected chi connectivity index (χ1v) is 13.3. The highest BCUT2D eigenvalue weighted by Crippen LogP contribution is 2.44. The van der Waals surface area contributed by atoms with Crippen molar-refractivity contribution in [2.45, 2.75) is 57.0 Å². The molecule has 0 spiro atoms. The highest BCUT2D eigenvalue weighted by atomic mass is 19.4. The Bertz CT molecular complexity index is 1440. The normalized spacial score (nSPS) is 23.5. The predicted molar refractivity (Wildman–Crippen MR) is 135 cm³/mol. The zero-order chi connectivity index (χ0) is 30.6. The van der Waals surface area contributed by atoms with E-state index < -0.39 is 65.9 Å². The Morgan fingerprint density at radius 2 is 1.74 bits per heavy atom. The maximum atomic E-state index is 14.1. The van der Waals surface area contributed by atoms with Gasteiger partial charge in [0, 0.05) is 29.3 Å². The lowest BCUT2D eigenvalue weighted by molar-refractivity contribution is -0.137. The summed E-state index contributed by atoms with van der Waals surface area (Å²) >= 11 is 0. The van der Waals surface area contributed by atoms with E-state index >= 15 is 0 Å². The van der Waals surface area contributed by atoms with E-state index in [0.717, 1.165) is 29.2 Å². The monoisotopic (exact) mass is 600 g/mol. The lowest BCUT2D eigenvalue weighted by Gasteiger charge is -2.40. The number of carbonyl (C=O) groups is 2. The van der Waals surface area contributed by atoms with Crippen LogP contribution in [-0.4, -0.2) is 58.8 Å². The molecule has 1 N–H and O–H groups in total. The van der Waals surface area contributed by atoms with E-state index in [1.165, 1.54) is 12.1 Å². The van der Waals surface area contributed by atoms with Gasteiger partial charge in [-0.2, -0.15) is 26.3 Å². The van der Waals surface area contributed by atoms with Crippen LogP contribution in [0.3, 0.4) is 0 Å². The smallest absolute Gasteiger partial charge is 0.416 e. The van der Waals surface area contributed by atoms with Gasteiger partial charge < -0.3 is 14.7 Å². The van der Waals surface area contributed by atoms with Crippen LogP contribution in [0.25, 0.3) is 0 Å². The lowest BCUT2D eigenvalue weighted by atomic mass is 9.80. The third-order valence-electron chi connectivity index (χ3n) is 8.30. The number of carboxylic acid groups (broad SMARTS) is 1. The van der Waals surface area contributed by atoms with Crippen LogP contribution in [0.2, 0.25) is 0 Å². The summed E-state index contributed by atoms with van der Waals surface area (Å²) in [5.41, 5.74) is -1.97. The third-order valence-corrected chi connectivity index (χ3v) is 8.30. The van der Waals surface area contributed by atoms with E-state index in [0.29, 0.717) is 25.1 Å². The Labute approximate surface area is 236 Å². The second kappa shape index (κ2) is 10.9. The van der Waals surface area contributed by atoms with Crippen LogP contribution in [0.5, 0.6) is 5.75 Å². The fraction of sp³-hybridized carbons (Fsp3) is 0.448. The van der Waals surface area contributed by atoms with Crippen LogP contribution >= 0.6 is 0 Å². The first-order chi connectivity index (χ1) is 19.6. The molecule has 3 aliphatic rings. The molecular weight excluding hydrogens is 573 g/mol. The molecule has 42 heavy (non-hydrogen) atoms. The number of aromatic carboxylic acids is 1. The van der Waals surface area contributed by atoms with Crippen molar-refractivity contribution in [2.75, 3.05) is 19.8 Å². The number of fused-ring (bicyclic) bond motifs is 1. The van der Waals surface area contributed by atoms with Crippen molar-refractivity contribution in [3.05, 3.63) is 75.6 Å². The predicted octanol–water partition coefficient (Wildman–Crippen LogP) is 6.37. The molecule has 13 heteroatoms. The zero-order valence-electron chi connectivity index (χ0n) is 22.4. The molecule has 1 amide bonds. The maximum Gasteiger partial charge on any atom is 0.416 e. The number of benzene rings is 2.